The number of aryl methyl sites for hydroxylation is 12. The van der Waals surface area contributed by atoms with Crippen molar-refractivity contribution in [3.05, 3.63) is 231 Å². The van der Waals surface area contributed by atoms with Gasteiger partial charge < -0.3 is 40.9 Å². The lowest BCUT2D eigenvalue weighted by molar-refractivity contribution is 0.353. The minimum atomic E-state index is -0.110. The molecule has 4 fully saturated rings. The number of fused-ring (bicyclic) bond motifs is 8. The van der Waals surface area contributed by atoms with E-state index in [1.165, 1.54) is 0 Å². The van der Waals surface area contributed by atoms with Crippen LogP contribution in [0.2, 0.25) is 0 Å². The van der Waals surface area contributed by atoms with Crippen LogP contribution in [0.1, 0.15) is 109 Å². The summed E-state index contributed by atoms with van der Waals surface area (Å²) in [5.41, 5.74) is 26.1. The second kappa shape index (κ2) is 32.2. The number of hydrogen-bond donors (Lipinski definition) is 4. The van der Waals surface area contributed by atoms with Crippen LogP contribution in [0.4, 0.5) is 22.7 Å². The Hall–Kier alpha value is -13.0. The lowest BCUT2D eigenvalue weighted by Crippen LogP contribution is -2.57. The molecule has 20 rings (SSSR count). The van der Waals surface area contributed by atoms with Crippen LogP contribution >= 0.6 is 0 Å². The van der Waals surface area contributed by atoms with E-state index in [0.717, 1.165) is 185 Å². The molecule has 0 radical (unpaired) electrons. The Kier molecular flexibility index (Phi) is 21.4. The molecule has 4 aliphatic heterocycles. The van der Waals surface area contributed by atoms with Crippen molar-refractivity contribution in [2.75, 3.05) is 91.6 Å². The minimum absolute atomic E-state index is 0.0298. The summed E-state index contributed by atoms with van der Waals surface area (Å²) in [7, 11) is 0. The molecule has 20 heterocycles. The largest absolute Gasteiger partial charge is 0.368 e. The molecule has 628 valence electrons. The van der Waals surface area contributed by atoms with E-state index in [1.807, 2.05) is 157 Å². The van der Waals surface area contributed by atoms with Gasteiger partial charge in [-0.05, 0) is 218 Å². The zero-order chi connectivity index (χ0) is 85.8. The van der Waals surface area contributed by atoms with Crippen LogP contribution in [0.5, 0.6) is 0 Å². The first-order valence-corrected chi connectivity index (χ1v) is 41.8. The maximum Gasteiger partial charge on any atom is 0.258 e. The van der Waals surface area contributed by atoms with Crippen molar-refractivity contribution in [2.45, 2.75) is 154 Å². The predicted molar refractivity (Wildman–Crippen MR) is 479 cm³/mol. The average Bonchev–Trinajstić information content (AvgIpc) is 0.963. The van der Waals surface area contributed by atoms with Crippen LogP contribution in [0.3, 0.4) is 0 Å². The molecule has 0 spiro atoms. The molecule has 32 nitrogen and oxygen atoms in total. The van der Waals surface area contributed by atoms with Gasteiger partial charge in [0.05, 0.1) is 93.1 Å². The highest BCUT2D eigenvalue weighted by molar-refractivity contribution is 5.70. The summed E-state index contributed by atoms with van der Waals surface area (Å²) in [6.45, 7) is 46.9. The Morgan fingerprint density at radius 1 is 0.295 bits per heavy atom. The number of imidazole rings is 4. The number of aromatic nitrogens is 20. The van der Waals surface area contributed by atoms with Gasteiger partial charge >= 0.3 is 0 Å². The van der Waals surface area contributed by atoms with Crippen LogP contribution in [0.15, 0.2) is 142 Å². The van der Waals surface area contributed by atoms with Gasteiger partial charge in [0.2, 0.25) is 0 Å². The first-order chi connectivity index (χ1) is 58.2. The van der Waals surface area contributed by atoms with E-state index in [2.05, 4.69) is 147 Å². The maximum atomic E-state index is 13.1. The zero-order valence-corrected chi connectivity index (χ0v) is 72.5. The molecule has 0 saturated carbocycles. The molecule has 4 atom stereocenters. The van der Waals surface area contributed by atoms with Crippen LogP contribution in [0.25, 0.3) is 90.7 Å². The van der Waals surface area contributed by atoms with Crippen molar-refractivity contribution in [1.29, 1.82) is 0 Å². The Morgan fingerprint density at radius 2 is 0.557 bits per heavy atom. The summed E-state index contributed by atoms with van der Waals surface area (Å²) >= 11 is 0. The molecule has 4 saturated heterocycles. The van der Waals surface area contributed by atoms with Crippen LogP contribution in [-0.2, 0) is 0 Å². The van der Waals surface area contributed by atoms with Gasteiger partial charge in [0.15, 0.2) is 22.6 Å². The highest BCUT2D eigenvalue weighted by Gasteiger charge is 2.29. The van der Waals surface area contributed by atoms with Crippen LogP contribution < -0.4 is 63.1 Å². The van der Waals surface area contributed by atoms with E-state index >= 15 is 0 Å². The lowest BCUT2D eigenvalue weighted by Gasteiger charge is -2.40. The fraction of sp³-hybridized carbons (Fsp3) is 0.378. The van der Waals surface area contributed by atoms with Crippen LogP contribution in [0, 0.1) is 83.1 Å². The average molecular weight is 1640 g/mol. The number of nitrogens with zero attached hydrogens (tertiary/aromatic N) is 24. The standard InChI is InChI=1S/2C23H27N7O.2C22H25N7O/c1-13-6-18(28-9-15(3)24-16(4)10-28)12-29-21(31)8-19(26-22(13)29)20-7-14(2)23-25-17(5)11-30(23)27-20;1-14-8-17(28-7-6-24-23(4,5)13-28)12-29-20(31)10-18(26-21(14)29)19-9-15(2)22-25-16(3)11-30(22)27-19;2*1-13-7-17(27-6-5-23-15(3)10-27)12-28-20(30)9-18(25-21(13)28)19-8-14(2)22-24-16(4)11-29(22)26-19/h6-8,11-12,15-16,24H,9-10H2,1-5H3;8-12,24H,6-7,13H2,1-5H3;2*7-9,11-12,15,23H,5-6,10H2,1-4H3/t15-,16+;;2*15-/m..10/s1. The topological polar surface area (TPSA) is 319 Å². The third-order valence-electron chi connectivity index (χ3n) is 23.0. The maximum absolute atomic E-state index is 13.1. The van der Waals surface area contributed by atoms with E-state index in [-0.39, 0.29) is 27.8 Å². The van der Waals surface area contributed by atoms with Crippen molar-refractivity contribution < 1.29 is 0 Å². The van der Waals surface area contributed by atoms with Crippen molar-refractivity contribution in [3.63, 3.8) is 0 Å². The summed E-state index contributed by atoms with van der Waals surface area (Å²) in [5, 5.41) is 32.5. The SMILES string of the molecule is Cc1cn2nc(-c3cc(=O)n4cc(N5CCNC(C)(C)C5)cc(C)c4n3)cc(C)c2n1.Cc1cn2nc(-c3cc(=O)n4cc(N5CCN[C@@H](C)C5)cc(C)c4n3)cc(C)c2n1.Cc1cn2nc(-c3cc(=O)n4cc(N5CCN[C@H](C)C5)cc(C)c4n3)cc(C)c2n1.Cc1cn2nc(-c3cc(=O)n4cc(N5C[C@@H](C)N[C@@H](C)C5)cc(C)c4n3)cc(C)c2n1. The van der Waals surface area contributed by atoms with Crippen molar-refractivity contribution in [1.82, 2.24) is 117 Å². The number of anilines is 4. The number of piperazine rings is 4. The molecule has 32 heteroatoms. The Morgan fingerprint density at radius 3 is 0.844 bits per heavy atom. The van der Waals surface area contributed by atoms with E-state index in [9.17, 15) is 19.2 Å². The first kappa shape index (κ1) is 81.3. The molecule has 16 aromatic heterocycles. The third kappa shape index (κ3) is 16.4. The van der Waals surface area contributed by atoms with E-state index in [0.29, 0.717) is 92.3 Å². The predicted octanol–water partition coefficient (Wildman–Crippen LogP) is 9.29. The van der Waals surface area contributed by atoms with E-state index in [4.69, 9.17) is 19.9 Å². The normalized spacial score (nSPS) is 17.6. The second-order valence-corrected chi connectivity index (χ2v) is 34.4. The summed E-state index contributed by atoms with van der Waals surface area (Å²) < 4.78 is 13.6. The lowest BCUT2D eigenvalue weighted by atomic mass is 10.0. The minimum Gasteiger partial charge on any atom is -0.368 e. The van der Waals surface area contributed by atoms with Gasteiger partial charge in [-0.1, -0.05) is 0 Å². The van der Waals surface area contributed by atoms with Gasteiger partial charge in [-0.25, -0.2) is 57.9 Å². The molecular weight excluding hydrogens is 1540 g/mol. The molecule has 0 aliphatic carbocycles. The molecule has 16 aromatic rings. The monoisotopic (exact) mass is 1640 g/mol. The fourth-order valence-corrected chi connectivity index (χ4v) is 17.3. The fourth-order valence-electron chi connectivity index (χ4n) is 17.3. The van der Waals surface area contributed by atoms with Crippen molar-refractivity contribution >= 4 is 67.9 Å². The molecule has 0 bridgehead atoms. The Labute approximate surface area is 704 Å². The zero-order valence-electron chi connectivity index (χ0n) is 72.5. The second-order valence-electron chi connectivity index (χ2n) is 34.4. The van der Waals surface area contributed by atoms with Gasteiger partial charge in [-0.15, -0.1) is 0 Å². The molecule has 4 aliphatic rings. The van der Waals surface area contributed by atoms with Gasteiger partial charge in [0.1, 0.15) is 45.4 Å². The Bertz CT molecular complexity index is 6700. The number of pyridine rings is 4. The number of rotatable bonds is 8. The molecule has 122 heavy (non-hydrogen) atoms. The molecule has 4 N–H and O–H groups in total. The van der Waals surface area contributed by atoms with Gasteiger partial charge in [-0.3, -0.25) is 36.8 Å². The Balaban J connectivity index is 0.000000116. The van der Waals surface area contributed by atoms with Crippen LogP contribution in [-0.4, -0.2) is 198 Å². The molecule has 0 aromatic carbocycles. The molecule has 0 amide bonds. The number of hydrogen-bond acceptors (Lipinski definition) is 24. The van der Waals surface area contributed by atoms with Gasteiger partial charge in [-0.2, -0.15) is 20.4 Å². The van der Waals surface area contributed by atoms with Gasteiger partial charge in [0, 0.05) is 151 Å². The van der Waals surface area contributed by atoms with Gasteiger partial charge in [0.25, 0.3) is 22.2 Å². The third-order valence-corrected chi connectivity index (χ3v) is 23.0. The highest BCUT2D eigenvalue weighted by atomic mass is 16.1. The quantitative estimate of drug-likeness (QED) is 0.110. The summed E-state index contributed by atoms with van der Waals surface area (Å²) in [6, 6.07) is 24.1. The first-order valence-electron chi connectivity index (χ1n) is 41.8. The smallest absolute Gasteiger partial charge is 0.258 e. The molecule has 0 unspecified atom stereocenters. The van der Waals surface area contributed by atoms with Crippen molar-refractivity contribution in [3.8, 4) is 45.6 Å². The number of nitrogens with one attached hydrogen (secondary N) is 4. The highest BCUT2D eigenvalue weighted by Crippen LogP contribution is 2.31. The summed E-state index contributed by atoms with van der Waals surface area (Å²) in [5.74, 6) is 0. The summed E-state index contributed by atoms with van der Waals surface area (Å²) in [4.78, 5) is 98.7. The molecular formula is C90H104N28O4. The van der Waals surface area contributed by atoms with E-state index in [1.54, 1.807) is 59.9 Å². The summed E-state index contributed by atoms with van der Waals surface area (Å²) in [6.07, 6.45) is 15.1. The van der Waals surface area contributed by atoms with E-state index < -0.39 is 0 Å². The van der Waals surface area contributed by atoms with Crippen molar-refractivity contribution in [2.24, 2.45) is 0 Å².